The number of halogens is 1. The number of anilines is 2. The van der Waals surface area contributed by atoms with Gasteiger partial charge in [0.05, 0.1) is 11.4 Å². The molecule has 1 aliphatic rings. The third kappa shape index (κ3) is 1.59. The number of hydrogen-bond donors (Lipinski definition) is 1. The zero-order chi connectivity index (χ0) is 9.26. The first-order valence-corrected chi connectivity index (χ1v) is 4.52. The molecule has 1 aromatic carbocycles. The van der Waals surface area contributed by atoms with Crippen molar-refractivity contribution in [3.63, 3.8) is 0 Å². The van der Waals surface area contributed by atoms with E-state index in [1.165, 1.54) is 6.07 Å². The lowest BCUT2D eigenvalue weighted by molar-refractivity contribution is 0.628. The van der Waals surface area contributed by atoms with E-state index >= 15 is 0 Å². The Bertz CT molecular complexity index is 312. The van der Waals surface area contributed by atoms with Gasteiger partial charge in [0.15, 0.2) is 0 Å². The minimum Gasteiger partial charge on any atom is -0.383 e. The molecule has 0 unspecified atom stereocenters. The zero-order valence-electron chi connectivity index (χ0n) is 7.68. The molecule has 0 bridgehead atoms. The highest BCUT2D eigenvalue weighted by Gasteiger charge is 2.11. The Hall–Kier alpha value is -1.25. The van der Waals surface area contributed by atoms with Gasteiger partial charge in [-0.25, -0.2) is 4.39 Å². The first-order valence-electron chi connectivity index (χ1n) is 4.52. The molecule has 0 fully saturated rings. The van der Waals surface area contributed by atoms with E-state index in [1.807, 2.05) is 13.1 Å². The van der Waals surface area contributed by atoms with Gasteiger partial charge < -0.3 is 10.2 Å². The number of benzene rings is 1. The van der Waals surface area contributed by atoms with Crippen molar-refractivity contribution >= 4 is 11.4 Å². The SMILES string of the molecule is CN1CCCNc2cc(F)ccc21. The molecule has 0 saturated heterocycles. The summed E-state index contributed by atoms with van der Waals surface area (Å²) in [6.45, 7) is 1.94. The largest absolute Gasteiger partial charge is 0.383 e. The molecule has 1 heterocycles. The summed E-state index contributed by atoms with van der Waals surface area (Å²) in [6, 6.07) is 4.88. The zero-order valence-corrected chi connectivity index (χ0v) is 7.68. The van der Waals surface area contributed by atoms with Crippen LogP contribution in [-0.2, 0) is 0 Å². The predicted octanol–water partition coefficient (Wildman–Crippen LogP) is 2.08. The summed E-state index contributed by atoms with van der Waals surface area (Å²) >= 11 is 0. The Morgan fingerprint density at radius 1 is 1.46 bits per heavy atom. The van der Waals surface area contributed by atoms with Gasteiger partial charge in [-0.2, -0.15) is 0 Å². The monoisotopic (exact) mass is 180 g/mol. The first-order chi connectivity index (χ1) is 6.27. The van der Waals surface area contributed by atoms with E-state index in [1.54, 1.807) is 6.07 Å². The molecule has 0 spiro atoms. The molecule has 1 aromatic rings. The van der Waals surface area contributed by atoms with Crippen molar-refractivity contribution in [2.45, 2.75) is 6.42 Å². The standard InChI is InChI=1S/C10H13FN2/c1-13-6-2-5-12-9-7-8(11)3-4-10(9)13/h3-4,7,12H,2,5-6H2,1H3. The maximum Gasteiger partial charge on any atom is 0.125 e. The van der Waals surface area contributed by atoms with Crippen LogP contribution in [0.3, 0.4) is 0 Å². The van der Waals surface area contributed by atoms with E-state index in [4.69, 9.17) is 0 Å². The van der Waals surface area contributed by atoms with Crippen LogP contribution in [0.4, 0.5) is 15.8 Å². The van der Waals surface area contributed by atoms with Crippen LogP contribution in [0, 0.1) is 5.82 Å². The number of hydrogen-bond acceptors (Lipinski definition) is 2. The van der Waals surface area contributed by atoms with Crippen molar-refractivity contribution in [3.05, 3.63) is 24.0 Å². The van der Waals surface area contributed by atoms with Gasteiger partial charge in [0.2, 0.25) is 0 Å². The summed E-state index contributed by atoms with van der Waals surface area (Å²) < 4.78 is 12.9. The van der Waals surface area contributed by atoms with Crippen LogP contribution in [0.25, 0.3) is 0 Å². The van der Waals surface area contributed by atoms with Crippen LogP contribution in [0.15, 0.2) is 18.2 Å². The summed E-state index contributed by atoms with van der Waals surface area (Å²) in [5, 5.41) is 3.21. The molecule has 3 heteroatoms. The van der Waals surface area contributed by atoms with Gasteiger partial charge in [-0.15, -0.1) is 0 Å². The van der Waals surface area contributed by atoms with Crippen LogP contribution in [0.2, 0.25) is 0 Å². The normalized spacial score (nSPS) is 16.0. The highest BCUT2D eigenvalue weighted by molar-refractivity contribution is 5.70. The Morgan fingerprint density at radius 3 is 3.15 bits per heavy atom. The molecule has 0 radical (unpaired) electrons. The van der Waals surface area contributed by atoms with Crippen molar-refractivity contribution in [1.29, 1.82) is 0 Å². The van der Waals surface area contributed by atoms with E-state index in [0.717, 1.165) is 30.9 Å². The molecule has 13 heavy (non-hydrogen) atoms. The Labute approximate surface area is 77.4 Å². The third-order valence-corrected chi connectivity index (χ3v) is 2.36. The van der Waals surface area contributed by atoms with E-state index < -0.39 is 0 Å². The van der Waals surface area contributed by atoms with Crippen molar-refractivity contribution in [1.82, 2.24) is 0 Å². The molecule has 70 valence electrons. The van der Waals surface area contributed by atoms with E-state index in [-0.39, 0.29) is 5.82 Å². The van der Waals surface area contributed by atoms with Gasteiger partial charge in [0, 0.05) is 20.1 Å². The molecule has 2 rings (SSSR count). The minimum atomic E-state index is -0.179. The highest BCUT2D eigenvalue weighted by atomic mass is 19.1. The average Bonchev–Trinajstić information content (AvgIpc) is 2.28. The van der Waals surface area contributed by atoms with Crippen LogP contribution in [0.5, 0.6) is 0 Å². The summed E-state index contributed by atoms with van der Waals surface area (Å²) in [5.74, 6) is -0.179. The molecule has 0 aliphatic carbocycles. The third-order valence-electron chi connectivity index (χ3n) is 2.36. The smallest absolute Gasteiger partial charge is 0.125 e. The van der Waals surface area contributed by atoms with E-state index in [0.29, 0.717) is 0 Å². The minimum absolute atomic E-state index is 0.179. The molecule has 1 N–H and O–H groups in total. The van der Waals surface area contributed by atoms with Crippen molar-refractivity contribution in [2.75, 3.05) is 30.4 Å². The Morgan fingerprint density at radius 2 is 2.31 bits per heavy atom. The number of fused-ring (bicyclic) bond motifs is 1. The predicted molar refractivity (Wildman–Crippen MR) is 52.8 cm³/mol. The van der Waals surface area contributed by atoms with Gasteiger partial charge in [-0.05, 0) is 24.6 Å². The van der Waals surface area contributed by atoms with E-state index in [9.17, 15) is 4.39 Å². The quantitative estimate of drug-likeness (QED) is 0.657. The van der Waals surface area contributed by atoms with Crippen LogP contribution in [-0.4, -0.2) is 20.1 Å². The highest BCUT2D eigenvalue weighted by Crippen LogP contribution is 2.27. The van der Waals surface area contributed by atoms with Crippen LogP contribution >= 0.6 is 0 Å². The van der Waals surface area contributed by atoms with Crippen molar-refractivity contribution < 1.29 is 4.39 Å². The number of rotatable bonds is 0. The molecule has 0 atom stereocenters. The summed E-state index contributed by atoms with van der Waals surface area (Å²) in [7, 11) is 2.03. The fraction of sp³-hybridized carbons (Fsp3) is 0.400. The van der Waals surface area contributed by atoms with Crippen LogP contribution < -0.4 is 10.2 Å². The van der Waals surface area contributed by atoms with Gasteiger partial charge in [-0.1, -0.05) is 0 Å². The van der Waals surface area contributed by atoms with Gasteiger partial charge in [0.25, 0.3) is 0 Å². The maximum absolute atomic E-state index is 12.9. The molecule has 2 nitrogen and oxygen atoms in total. The fourth-order valence-electron chi connectivity index (χ4n) is 1.64. The Balaban J connectivity index is 2.42. The maximum atomic E-state index is 12.9. The molecular formula is C10H13FN2. The van der Waals surface area contributed by atoms with Gasteiger partial charge in [0.1, 0.15) is 5.82 Å². The molecule has 0 saturated carbocycles. The topological polar surface area (TPSA) is 15.3 Å². The second kappa shape index (κ2) is 3.24. The van der Waals surface area contributed by atoms with Crippen molar-refractivity contribution in [2.24, 2.45) is 0 Å². The van der Waals surface area contributed by atoms with Crippen LogP contribution in [0.1, 0.15) is 6.42 Å². The molecule has 0 amide bonds. The second-order valence-electron chi connectivity index (χ2n) is 3.36. The first kappa shape index (κ1) is 8.35. The Kier molecular flexibility index (Phi) is 2.08. The molecule has 1 aliphatic heterocycles. The second-order valence-corrected chi connectivity index (χ2v) is 3.36. The average molecular weight is 180 g/mol. The lowest BCUT2D eigenvalue weighted by Gasteiger charge is -2.18. The van der Waals surface area contributed by atoms with Gasteiger partial charge >= 0.3 is 0 Å². The summed E-state index contributed by atoms with van der Waals surface area (Å²) in [6.07, 6.45) is 1.09. The number of nitrogens with one attached hydrogen (secondary N) is 1. The van der Waals surface area contributed by atoms with Gasteiger partial charge in [-0.3, -0.25) is 0 Å². The molecular weight excluding hydrogens is 167 g/mol. The lowest BCUT2D eigenvalue weighted by atomic mass is 10.2. The van der Waals surface area contributed by atoms with Crippen molar-refractivity contribution in [3.8, 4) is 0 Å². The lowest BCUT2D eigenvalue weighted by Crippen LogP contribution is -2.17. The summed E-state index contributed by atoms with van der Waals surface area (Å²) in [4.78, 5) is 2.15. The number of nitrogens with zero attached hydrogens (tertiary/aromatic N) is 1. The fourth-order valence-corrected chi connectivity index (χ4v) is 1.64. The van der Waals surface area contributed by atoms with E-state index in [2.05, 4.69) is 10.2 Å². The summed E-state index contributed by atoms with van der Waals surface area (Å²) in [5.41, 5.74) is 1.99. The molecule has 0 aromatic heterocycles.